The van der Waals surface area contributed by atoms with E-state index in [1.54, 1.807) is 10.6 Å². The Kier molecular flexibility index (Phi) is 12.7. The minimum absolute atomic E-state index is 0.00359. The summed E-state index contributed by atoms with van der Waals surface area (Å²) in [6.45, 7) is 0. The van der Waals surface area contributed by atoms with Gasteiger partial charge in [0.15, 0.2) is 0 Å². The maximum Gasteiger partial charge on any atom is 0.209 e. The Morgan fingerprint density at radius 2 is 1.00 bits per heavy atom. The van der Waals surface area contributed by atoms with E-state index in [1.807, 2.05) is 0 Å². The summed E-state index contributed by atoms with van der Waals surface area (Å²) in [7, 11) is 12.0. The normalized spacial score (nSPS) is 11.4. The lowest BCUT2D eigenvalue weighted by molar-refractivity contribution is -0.849. The fourth-order valence-electron chi connectivity index (χ4n) is 0.360. The van der Waals surface area contributed by atoms with Crippen LogP contribution in [0.1, 0.15) is 0 Å². The second kappa shape index (κ2) is 10.7. The van der Waals surface area contributed by atoms with Gasteiger partial charge in [-0.05, 0) is 7.60 Å². The predicted molar refractivity (Wildman–Crippen MR) is 77.7 cm³/mol. The molecule has 0 saturated heterocycles. The molecule has 0 fully saturated rings. The van der Waals surface area contributed by atoms with Gasteiger partial charge in [-0.15, -0.1) is 0 Å². The van der Waals surface area contributed by atoms with Gasteiger partial charge in [0.2, 0.25) is 12.8 Å². The minimum atomic E-state index is -4.99. The molecule has 0 spiro atoms. The fourth-order valence-corrected chi connectivity index (χ4v) is 0.846. The van der Waals surface area contributed by atoms with Crippen molar-refractivity contribution in [3.8, 4) is 0 Å². The fraction of sp³-hybridized carbons (Fsp3) is 0.818. The number of hydrogen-bond donors (Lipinski definition) is 2. The van der Waals surface area contributed by atoms with Crippen LogP contribution in [0.3, 0.4) is 0 Å². The highest BCUT2D eigenvalue weighted by atomic mass is 31.2. The van der Waals surface area contributed by atoms with Gasteiger partial charge >= 0.3 is 0 Å². The lowest BCUT2D eigenvalue weighted by Crippen LogP contribution is -2.46. The van der Waals surface area contributed by atoms with E-state index in [4.69, 9.17) is 0 Å². The summed E-state index contributed by atoms with van der Waals surface area (Å²) in [6, 6.07) is 0. The van der Waals surface area contributed by atoms with Gasteiger partial charge in [-0.3, -0.25) is 9.59 Å². The van der Waals surface area contributed by atoms with Crippen molar-refractivity contribution in [3.63, 3.8) is 0 Å². The van der Waals surface area contributed by atoms with Crippen LogP contribution in [-0.4, -0.2) is 84.1 Å². The highest BCUT2D eigenvalue weighted by Gasteiger charge is 2.08. The van der Waals surface area contributed by atoms with Gasteiger partial charge in [0.1, 0.15) is 5.91 Å². The third-order valence-corrected chi connectivity index (χ3v) is 1.70. The zero-order valence-electron chi connectivity index (χ0n) is 14.1. The Morgan fingerprint density at radius 3 is 1.10 bits per heavy atom. The van der Waals surface area contributed by atoms with E-state index in [9.17, 15) is 23.9 Å². The molecule has 0 aromatic heterocycles. The van der Waals surface area contributed by atoms with Crippen LogP contribution in [0.2, 0.25) is 0 Å². The molecule has 0 rings (SSSR count). The number of nitrogens with one attached hydrogen (secondary N) is 2. The van der Waals surface area contributed by atoms with Gasteiger partial charge in [0.25, 0.3) is 0 Å². The second-order valence-corrected chi connectivity index (χ2v) is 8.47. The molecular weight excluding hydrogens is 299 g/mol. The molecule has 0 aliphatic heterocycles. The van der Waals surface area contributed by atoms with Crippen molar-refractivity contribution in [2.45, 2.75) is 5.91 Å². The van der Waals surface area contributed by atoms with Crippen LogP contribution in [0, 0.1) is 0 Å². The molecule has 2 N–H and O–H groups in total. The Morgan fingerprint density at radius 1 is 0.810 bits per heavy atom. The predicted octanol–water partition coefficient (Wildman–Crippen LogP) is -2.68. The van der Waals surface area contributed by atoms with Gasteiger partial charge in [-0.2, -0.15) is 0 Å². The summed E-state index contributed by atoms with van der Waals surface area (Å²) in [6.07, 6.45) is 0.00718. The average Bonchev–Trinajstić information content (AvgIpc) is 2.10. The van der Waals surface area contributed by atoms with Crippen LogP contribution in [0.4, 0.5) is 0 Å². The van der Waals surface area contributed by atoms with Crippen molar-refractivity contribution in [1.29, 1.82) is 0 Å². The molecular formula is C11H29N4O5P. The van der Waals surface area contributed by atoms with Crippen molar-refractivity contribution < 1.29 is 32.9 Å². The zero-order chi connectivity index (χ0) is 17.9. The summed E-state index contributed by atoms with van der Waals surface area (Å²) in [5.41, 5.74) is 0. The first-order valence-electron chi connectivity index (χ1n) is 6.01. The molecule has 0 aromatic rings. The van der Waals surface area contributed by atoms with E-state index in [1.165, 1.54) is 0 Å². The van der Waals surface area contributed by atoms with Gasteiger partial charge < -0.3 is 34.0 Å². The summed E-state index contributed by atoms with van der Waals surface area (Å²) in [4.78, 5) is 39.6. The summed E-state index contributed by atoms with van der Waals surface area (Å²) < 4.78 is 12.1. The largest absolute Gasteiger partial charge is 0.808 e. The van der Waals surface area contributed by atoms with Crippen molar-refractivity contribution >= 4 is 20.4 Å². The topological polar surface area (TPSA) is 121 Å². The van der Waals surface area contributed by atoms with Gasteiger partial charge in [0.05, 0.1) is 56.4 Å². The molecule has 0 saturated carbocycles. The van der Waals surface area contributed by atoms with Crippen molar-refractivity contribution in [2.24, 2.45) is 0 Å². The van der Waals surface area contributed by atoms with E-state index in [0.29, 0.717) is 0 Å². The maximum atomic E-state index is 10.1. The maximum absolute atomic E-state index is 10.1. The molecule has 0 bridgehead atoms. The summed E-state index contributed by atoms with van der Waals surface area (Å²) in [5.74, 6) is -1.86. The van der Waals surface area contributed by atoms with E-state index < -0.39 is 13.5 Å². The first kappa shape index (κ1) is 25.0. The van der Waals surface area contributed by atoms with E-state index >= 15 is 0 Å². The number of carbonyl (C=O) groups is 2. The van der Waals surface area contributed by atoms with Crippen LogP contribution in [0.5, 0.6) is 0 Å². The Bertz CT molecular complexity index is 298. The number of carbonyl (C=O) groups excluding carboxylic acids is 2. The smallest absolute Gasteiger partial charge is 0.209 e. The first-order chi connectivity index (χ1) is 9.02. The molecule has 0 aliphatic rings. The first-order valence-corrected chi connectivity index (χ1v) is 7.62. The van der Waals surface area contributed by atoms with Crippen LogP contribution < -0.4 is 20.4 Å². The Balaban J connectivity index is -0.000000270. The minimum Gasteiger partial charge on any atom is -0.808 e. The SMILES string of the molecule is C[N+](C)(C)C.C[N+](C)(C)C.O=CNC(NC=O)P(=O)([O-])[O-]. The molecule has 0 aliphatic carbocycles. The van der Waals surface area contributed by atoms with E-state index in [-0.39, 0.29) is 12.8 Å². The Labute approximate surface area is 127 Å². The molecule has 0 aromatic carbocycles. The quantitative estimate of drug-likeness (QED) is 0.246. The molecule has 2 amide bonds. The zero-order valence-corrected chi connectivity index (χ0v) is 15.0. The number of nitrogens with zero attached hydrogens (tertiary/aromatic N) is 2. The van der Waals surface area contributed by atoms with E-state index in [2.05, 4.69) is 56.4 Å². The van der Waals surface area contributed by atoms with Gasteiger partial charge in [0, 0.05) is 0 Å². The standard InChI is InChI=1S/2C4H12N.C3H7N2O5P/c2*1-5(2,3)4;6-1-4-3(5-2-7)11(8,9)10/h2*1-4H3;1-3H,(H,4,6)(H,5,7)(H2,8,9,10)/q2*+1;/p-2. The molecule has 10 heteroatoms. The van der Waals surface area contributed by atoms with Crippen molar-refractivity contribution in [3.05, 3.63) is 0 Å². The Hall–Kier alpha value is -0.990. The third-order valence-electron chi connectivity index (χ3n) is 0.768. The number of hydrogen-bond acceptors (Lipinski definition) is 5. The lowest BCUT2D eigenvalue weighted by atomic mass is 10.8. The van der Waals surface area contributed by atoms with Crippen LogP contribution >= 0.6 is 7.60 Å². The van der Waals surface area contributed by atoms with E-state index in [0.717, 1.165) is 8.97 Å². The highest BCUT2D eigenvalue weighted by Crippen LogP contribution is 2.26. The third kappa shape index (κ3) is 45.4. The van der Waals surface area contributed by atoms with Crippen molar-refractivity contribution in [1.82, 2.24) is 10.6 Å². The van der Waals surface area contributed by atoms with Crippen LogP contribution in [0.25, 0.3) is 0 Å². The molecule has 0 atom stereocenters. The number of amides is 2. The molecule has 128 valence electrons. The number of quaternary nitrogens is 2. The molecule has 21 heavy (non-hydrogen) atoms. The summed E-state index contributed by atoms with van der Waals surface area (Å²) in [5, 5.41) is 3.22. The van der Waals surface area contributed by atoms with Crippen LogP contribution in [0.15, 0.2) is 0 Å². The lowest BCUT2D eigenvalue weighted by Gasteiger charge is -2.36. The van der Waals surface area contributed by atoms with Gasteiger partial charge in [-0.1, -0.05) is 0 Å². The number of rotatable bonds is 5. The highest BCUT2D eigenvalue weighted by molar-refractivity contribution is 7.49. The van der Waals surface area contributed by atoms with Gasteiger partial charge in [-0.25, -0.2) is 0 Å². The summed E-state index contributed by atoms with van der Waals surface area (Å²) >= 11 is 0. The average molecular weight is 328 g/mol. The molecule has 0 unspecified atom stereocenters. The monoisotopic (exact) mass is 328 g/mol. The van der Waals surface area contributed by atoms with Crippen molar-refractivity contribution in [2.75, 3.05) is 56.4 Å². The molecule has 9 nitrogen and oxygen atoms in total. The second-order valence-electron chi connectivity index (χ2n) is 6.88. The molecule has 0 radical (unpaired) electrons. The van der Waals surface area contributed by atoms with Crippen LogP contribution in [-0.2, 0) is 14.2 Å². The molecule has 0 heterocycles.